The average molecular weight is 337 g/mol. The van der Waals surface area contributed by atoms with Crippen LogP contribution in [0.1, 0.15) is 29.4 Å². The molecule has 0 spiro atoms. The van der Waals surface area contributed by atoms with E-state index in [0.717, 1.165) is 36.4 Å². The quantitative estimate of drug-likeness (QED) is 0.835. The number of nitrogens with zero attached hydrogens (tertiary/aromatic N) is 1. The number of hydrogen-bond donors (Lipinski definition) is 1. The number of hydrogen-bond acceptors (Lipinski definition) is 2. The Labute approximate surface area is 134 Å². The second-order valence-corrected chi connectivity index (χ2v) is 5.12. The van der Waals surface area contributed by atoms with Gasteiger partial charge in [-0.1, -0.05) is 12.1 Å². The highest BCUT2D eigenvalue weighted by atomic mass is 19.2. The molecule has 0 unspecified atom stereocenters. The molecule has 2 rings (SSSR count). The lowest BCUT2D eigenvalue weighted by molar-refractivity contribution is -0.137. The molecular formula is C17H11F4NO2. The number of carbonyl (C=O) groups is 1. The number of halogens is 4. The molecule has 2 aromatic carbocycles. The van der Waals surface area contributed by atoms with Crippen LogP contribution < -0.4 is 0 Å². The number of benzene rings is 2. The molecule has 1 N–H and O–H groups in total. The molecule has 0 radical (unpaired) electrons. The molecule has 0 heterocycles. The van der Waals surface area contributed by atoms with Crippen LogP contribution in [-0.2, 0) is 4.79 Å². The van der Waals surface area contributed by atoms with Crippen molar-refractivity contribution in [1.29, 1.82) is 5.26 Å². The van der Waals surface area contributed by atoms with Crippen LogP contribution in [0.3, 0.4) is 0 Å². The number of nitriles is 1. The predicted molar refractivity (Wildman–Crippen MR) is 76.1 cm³/mol. The fourth-order valence-electron chi connectivity index (χ4n) is 2.54. The highest BCUT2D eigenvalue weighted by Gasteiger charge is 2.32. The summed E-state index contributed by atoms with van der Waals surface area (Å²) in [6.07, 6.45) is -0.755. The minimum absolute atomic E-state index is 0.0645. The smallest absolute Gasteiger partial charge is 0.304 e. The zero-order valence-corrected chi connectivity index (χ0v) is 12.1. The van der Waals surface area contributed by atoms with E-state index < -0.39 is 53.1 Å². The third-order valence-electron chi connectivity index (χ3n) is 3.61. The van der Waals surface area contributed by atoms with Gasteiger partial charge in [0.15, 0.2) is 11.6 Å². The van der Waals surface area contributed by atoms with E-state index in [9.17, 15) is 27.6 Å². The van der Waals surface area contributed by atoms with Crippen LogP contribution in [0.5, 0.6) is 0 Å². The van der Waals surface area contributed by atoms with Crippen molar-refractivity contribution in [3.63, 3.8) is 0 Å². The molecule has 2 aromatic rings. The van der Waals surface area contributed by atoms with Crippen LogP contribution in [0, 0.1) is 34.6 Å². The Morgan fingerprint density at radius 2 is 1.67 bits per heavy atom. The minimum atomic E-state index is -1.40. The summed E-state index contributed by atoms with van der Waals surface area (Å²) in [6.45, 7) is 0. The van der Waals surface area contributed by atoms with Gasteiger partial charge in [0, 0.05) is 11.5 Å². The van der Waals surface area contributed by atoms with Gasteiger partial charge in [-0.2, -0.15) is 5.26 Å². The average Bonchev–Trinajstić information content (AvgIpc) is 2.50. The Balaban J connectivity index is 2.59. The van der Waals surface area contributed by atoms with Crippen molar-refractivity contribution >= 4 is 5.97 Å². The molecule has 2 atom stereocenters. The fourth-order valence-corrected chi connectivity index (χ4v) is 2.54. The maximum Gasteiger partial charge on any atom is 0.304 e. The van der Waals surface area contributed by atoms with Crippen molar-refractivity contribution in [2.24, 2.45) is 0 Å². The van der Waals surface area contributed by atoms with Gasteiger partial charge in [-0.15, -0.1) is 0 Å². The molecule has 0 aliphatic rings. The van der Waals surface area contributed by atoms with Crippen LogP contribution >= 0.6 is 0 Å². The first-order chi connectivity index (χ1) is 11.3. The molecule has 7 heteroatoms. The van der Waals surface area contributed by atoms with Gasteiger partial charge in [-0.3, -0.25) is 4.79 Å². The molecule has 0 aromatic heterocycles. The summed E-state index contributed by atoms with van der Waals surface area (Å²) in [5.41, 5.74) is -0.638. The minimum Gasteiger partial charge on any atom is -0.481 e. The first kappa shape index (κ1) is 17.5. The number of carboxylic acids is 1. The Kier molecular flexibility index (Phi) is 5.19. The third kappa shape index (κ3) is 3.54. The highest BCUT2D eigenvalue weighted by Crippen LogP contribution is 2.38. The van der Waals surface area contributed by atoms with E-state index >= 15 is 0 Å². The summed E-state index contributed by atoms with van der Waals surface area (Å²) in [5.74, 6) is -8.57. The van der Waals surface area contributed by atoms with Crippen LogP contribution in [0.2, 0.25) is 0 Å². The summed E-state index contributed by atoms with van der Waals surface area (Å²) in [6, 6.07) is 7.29. The maximum atomic E-state index is 14.0. The lowest BCUT2D eigenvalue weighted by Gasteiger charge is -2.22. The summed E-state index contributed by atoms with van der Waals surface area (Å²) in [5, 5.41) is 18.4. The van der Waals surface area contributed by atoms with E-state index in [2.05, 4.69) is 0 Å². The van der Waals surface area contributed by atoms with Crippen LogP contribution in [-0.4, -0.2) is 11.1 Å². The summed E-state index contributed by atoms with van der Waals surface area (Å²) in [7, 11) is 0. The molecule has 0 amide bonds. The Bertz CT molecular complexity index is 796. The third-order valence-corrected chi connectivity index (χ3v) is 3.61. The summed E-state index contributed by atoms with van der Waals surface area (Å²) >= 11 is 0. The predicted octanol–water partition coefficient (Wildman–Crippen LogP) is 4.11. The topological polar surface area (TPSA) is 61.1 Å². The molecule has 0 fully saturated rings. The van der Waals surface area contributed by atoms with Crippen molar-refractivity contribution in [3.8, 4) is 6.07 Å². The van der Waals surface area contributed by atoms with Gasteiger partial charge in [-0.05, 0) is 29.8 Å². The van der Waals surface area contributed by atoms with E-state index in [0.29, 0.717) is 0 Å². The Hall–Kier alpha value is -2.88. The van der Waals surface area contributed by atoms with E-state index in [1.54, 1.807) is 6.07 Å². The van der Waals surface area contributed by atoms with E-state index in [-0.39, 0.29) is 5.56 Å². The Morgan fingerprint density at radius 3 is 2.17 bits per heavy atom. The van der Waals surface area contributed by atoms with Gasteiger partial charge in [0.2, 0.25) is 0 Å². The standard InChI is InChI=1S/C17H11F4NO2/c18-12-5-4-9(6-15(12)21)11(8-22)10(7-16(23)24)17-13(19)2-1-3-14(17)20/h1-6,10-11H,7H2,(H,23,24)/t10-,11+/m1/s1. The van der Waals surface area contributed by atoms with Gasteiger partial charge >= 0.3 is 5.97 Å². The fraction of sp³-hybridized carbons (Fsp3) is 0.176. The number of aliphatic carboxylic acids is 1. The molecule has 0 saturated carbocycles. The summed E-state index contributed by atoms with van der Waals surface area (Å²) < 4.78 is 54.5. The maximum absolute atomic E-state index is 14.0. The number of carboxylic acid groups (broad SMARTS) is 1. The van der Waals surface area contributed by atoms with Gasteiger partial charge in [0.25, 0.3) is 0 Å². The molecule has 0 saturated heterocycles. The van der Waals surface area contributed by atoms with Gasteiger partial charge in [0.1, 0.15) is 11.6 Å². The first-order valence-corrected chi connectivity index (χ1v) is 6.85. The van der Waals surface area contributed by atoms with E-state index in [1.165, 1.54) is 0 Å². The molecular weight excluding hydrogens is 326 g/mol. The van der Waals surface area contributed by atoms with Gasteiger partial charge in [0.05, 0.1) is 18.4 Å². The molecule has 24 heavy (non-hydrogen) atoms. The molecule has 0 aliphatic carbocycles. The van der Waals surface area contributed by atoms with E-state index in [4.69, 9.17) is 5.11 Å². The zero-order chi connectivity index (χ0) is 17.9. The first-order valence-electron chi connectivity index (χ1n) is 6.85. The molecule has 3 nitrogen and oxygen atoms in total. The second-order valence-electron chi connectivity index (χ2n) is 5.12. The lowest BCUT2D eigenvalue weighted by atomic mass is 9.79. The monoisotopic (exact) mass is 337 g/mol. The van der Waals surface area contributed by atoms with Crippen molar-refractivity contribution < 1.29 is 27.5 Å². The second kappa shape index (κ2) is 7.13. The Morgan fingerprint density at radius 1 is 1.04 bits per heavy atom. The highest BCUT2D eigenvalue weighted by molar-refractivity contribution is 5.68. The SMILES string of the molecule is N#C[C@@H](c1ccc(F)c(F)c1)[C@@H](CC(=O)O)c1c(F)cccc1F. The van der Waals surface area contributed by atoms with Crippen LogP contribution in [0.4, 0.5) is 17.6 Å². The van der Waals surface area contributed by atoms with Crippen LogP contribution in [0.15, 0.2) is 36.4 Å². The van der Waals surface area contributed by atoms with Crippen LogP contribution in [0.25, 0.3) is 0 Å². The van der Waals surface area contributed by atoms with Crippen molar-refractivity contribution in [2.75, 3.05) is 0 Å². The summed E-state index contributed by atoms with van der Waals surface area (Å²) in [4.78, 5) is 11.1. The van der Waals surface area contributed by atoms with Gasteiger partial charge in [-0.25, -0.2) is 17.6 Å². The lowest BCUT2D eigenvalue weighted by Crippen LogP contribution is -2.17. The normalized spacial score (nSPS) is 13.1. The molecule has 0 bridgehead atoms. The number of rotatable bonds is 5. The van der Waals surface area contributed by atoms with Crippen molar-refractivity contribution in [1.82, 2.24) is 0 Å². The largest absolute Gasteiger partial charge is 0.481 e. The van der Waals surface area contributed by atoms with Gasteiger partial charge < -0.3 is 5.11 Å². The zero-order valence-electron chi connectivity index (χ0n) is 12.1. The molecule has 0 aliphatic heterocycles. The van der Waals surface area contributed by atoms with E-state index in [1.807, 2.05) is 0 Å². The van der Waals surface area contributed by atoms with Crippen molar-refractivity contribution in [2.45, 2.75) is 18.3 Å². The molecule has 124 valence electrons. The van der Waals surface area contributed by atoms with Crippen molar-refractivity contribution in [3.05, 3.63) is 70.8 Å².